The van der Waals surface area contributed by atoms with E-state index in [9.17, 15) is 4.79 Å². The van der Waals surface area contributed by atoms with E-state index in [4.69, 9.17) is 5.73 Å². The Hall–Kier alpha value is -0.610. The quantitative estimate of drug-likeness (QED) is 0.835. The molecule has 4 nitrogen and oxygen atoms in total. The van der Waals surface area contributed by atoms with Crippen molar-refractivity contribution >= 4 is 5.91 Å². The highest BCUT2D eigenvalue weighted by Gasteiger charge is 2.43. The molecule has 4 unspecified atom stereocenters. The molecule has 1 aliphatic heterocycles. The van der Waals surface area contributed by atoms with Gasteiger partial charge in [0.25, 0.3) is 0 Å². The Morgan fingerprint density at radius 2 is 1.90 bits per heavy atom. The average Bonchev–Trinajstić information content (AvgIpc) is 2.54. The second kappa shape index (κ2) is 6.25. The number of hydrogen-bond acceptors (Lipinski definition) is 3. The maximum absolute atomic E-state index is 11.9. The molecule has 0 aromatic heterocycles. The summed E-state index contributed by atoms with van der Waals surface area (Å²) in [5.74, 6) is 1.72. The predicted octanol–water partition coefficient (Wildman–Crippen LogP) is 1.88. The summed E-state index contributed by atoms with van der Waals surface area (Å²) < 4.78 is 0. The van der Waals surface area contributed by atoms with Crippen LogP contribution < -0.4 is 11.1 Å². The summed E-state index contributed by atoms with van der Waals surface area (Å²) in [4.78, 5) is 14.6. The Morgan fingerprint density at radius 3 is 2.62 bits per heavy atom. The number of carbonyl (C=O) groups is 1. The molecule has 0 radical (unpaired) electrons. The molecule has 1 saturated heterocycles. The zero-order chi connectivity index (χ0) is 14.9. The molecule has 3 rings (SSSR count). The third-order valence-corrected chi connectivity index (χ3v) is 6.51. The van der Waals surface area contributed by atoms with Crippen molar-refractivity contribution in [2.24, 2.45) is 17.6 Å². The van der Waals surface area contributed by atoms with Gasteiger partial charge >= 0.3 is 0 Å². The Morgan fingerprint density at radius 1 is 1.14 bits per heavy atom. The van der Waals surface area contributed by atoms with Gasteiger partial charge in [0, 0.05) is 12.6 Å². The largest absolute Gasteiger partial charge is 0.368 e. The summed E-state index contributed by atoms with van der Waals surface area (Å²) in [6.07, 6.45) is 11.2. The first kappa shape index (κ1) is 15.3. The summed E-state index contributed by atoms with van der Waals surface area (Å²) in [6.45, 7) is 2.48. The molecule has 0 spiro atoms. The Bertz CT molecular complexity index is 386. The van der Waals surface area contributed by atoms with E-state index in [2.05, 4.69) is 10.2 Å². The van der Waals surface area contributed by atoms with Crippen molar-refractivity contribution in [3.63, 3.8) is 0 Å². The van der Waals surface area contributed by atoms with Crippen LogP contribution in [0.1, 0.15) is 57.8 Å². The van der Waals surface area contributed by atoms with Crippen molar-refractivity contribution in [2.75, 3.05) is 20.1 Å². The monoisotopic (exact) mass is 293 g/mol. The highest BCUT2D eigenvalue weighted by atomic mass is 16.1. The van der Waals surface area contributed by atoms with Crippen LogP contribution in [0.25, 0.3) is 0 Å². The van der Waals surface area contributed by atoms with Gasteiger partial charge in [0.1, 0.15) is 0 Å². The molecular formula is C17H31N3O. The Balaban J connectivity index is 1.65. The lowest BCUT2D eigenvalue weighted by atomic mass is 9.73. The molecule has 120 valence electrons. The summed E-state index contributed by atoms with van der Waals surface area (Å²) in [5, 5.41) is 3.24. The molecule has 2 saturated carbocycles. The summed E-state index contributed by atoms with van der Waals surface area (Å²) >= 11 is 0. The summed E-state index contributed by atoms with van der Waals surface area (Å²) in [7, 11) is 1.89. The van der Waals surface area contributed by atoms with Gasteiger partial charge in [-0.1, -0.05) is 19.3 Å². The first-order valence-corrected chi connectivity index (χ1v) is 8.87. The number of primary amides is 1. The number of amides is 1. The lowest BCUT2D eigenvalue weighted by Gasteiger charge is -2.48. The number of carbonyl (C=O) groups excluding carboxylic acids is 1. The van der Waals surface area contributed by atoms with Gasteiger partial charge < -0.3 is 16.0 Å². The smallest absolute Gasteiger partial charge is 0.237 e. The summed E-state index contributed by atoms with van der Waals surface area (Å²) in [5.41, 5.74) is 5.22. The molecule has 3 fully saturated rings. The molecule has 3 aliphatic rings. The summed E-state index contributed by atoms with van der Waals surface area (Å²) in [6, 6.07) is 0.543. The fourth-order valence-corrected chi connectivity index (χ4v) is 5.09. The van der Waals surface area contributed by atoms with E-state index < -0.39 is 5.54 Å². The van der Waals surface area contributed by atoms with Crippen molar-refractivity contribution in [1.29, 1.82) is 0 Å². The molecule has 2 aliphatic carbocycles. The van der Waals surface area contributed by atoms with E-state index in [1.54, 1.807) is 0 Å². The SMILES string of the molecule is CNC1(C(N)=O)CCCC(N2CCC3CCCCC3C2)C1. The van der Waals surface area contributed by atoms with Crippen LogP contribution in [0.5, 0.6) is 0 Å². The van der Waals surface area contributed by atoms with Crippen molar-refractivity contribution in [3.8, 4) is 0 Å². The zero-order valence-electron chi connectivity index (χ0n) is 13.4. The van der Waals surface area contributed by atoms with E-state index in [1.807, 2.05) is 7.05 Å². The van der Waals surface area contributed by atoms with Gasteiger partial charge in [0.2, 0.25) is 5.91 Å². The first-order chi connectivity index (χ1) is 10.1. The number of nitrogens with one attached hydrogen (secondary N) is 1. The van der Waals surface area contributed by atoms with Crippen molar-refractivity contribution in [3.05, 3.63) is 0 Å². The maximum Gasteiger partial charge on any atom is 0.237 e. The van der Waals surface area contributed by atoms with Gasteiger partial charge in [-0.3, -0.25) is 4.79 Å². The second-order valence-electron chi connectivity index (χ2n) is 7.53. The molecule has 4 atom stereocenters. The number of fused-ring (bicyclic) bond motifs is 1. The third kappa shape index (κ3) is 2.98. The van der Waals surface area contributed by atoms with Crippen LogP contribution >= 0.6 is 0 Å². The normalized spacial score (nSPS) is 41.5. The van der Waals surface area contributed by atoms with Gasteiger partial charge in [0.05, 0.1) is 5.54 Å². The zero-order valence-corrected chi connectivity index (χ0v) is 13.4. The first-order valence-electron chi connectivity index (χ1n) is 8.87. The molecule has 1 amide bonds. The lowest BCUT2D eigenvalue weighted by Crippen LogP contribution is -2.60. The van der Waals surface area contributed by atoms with Crippen LogP contribution in [0.15, 0.2) is 0 Å². The third-order valence-electron chi connectivity index (χ3n) is 6.51. The van der Waals surface area contributed by atoms with Gasteiger partial charge in [-0.15, -0.1) is 0 Å². The maximum atomic E-state index is 11.9. The van der Waals surface area contributed by atoms with Gasteiger partial charge in [-0.05, 0) is 64.0 Å². The van der Waals surface area contributed by atoms with Crippen LogP contribution in [0.3, 0.4) is 0 Å². The highest BCUT2D eigenvalue weighted by Crippen LogP contribution is 2.39. The number of piperidine rings is 1. The van der Waals surface area contributed by atoms with Crippen LogP contribution in [0.2, 0.25) is 0 Å². The number of nitrogens with zero attached hydrogens (tertiary/aromatic N) is 1. The minimum absolute atomic E-state index is 0.165. The van der Waals surface area contributed by atoms with Crippen LogP contribution in [0.4, 0.5) is 0 Å². The standard InChI is InChI=1S/C17H31N3O/c1-19-17(16(18)21)9-4-7-15(11-17)20-10-8-13-5-2-3-6-14(13)12-20/h13-15,19H,2-12H2,1H3,(H2,18,21). The van der Waals surface area contributed by atoms with Gasteiger partial charge in [0.15, 0.2) is 0 Å². The number of likely N-dealkylation sites (N-methyl/N-ethyl adjacent to an activating group) is 1. The van der Waals surface area contributed by atoms with Crippen LogP contribution in [-0.2, 0) is 4.79 Å². The number of rotatable bonds is 3. The Labute approximate surface area is 128 Å². The molecule has 0 aromatic carbocycles. The Kier molecular flexibility index (Phi) is 4.55. The van der Waals surface area contributed by atoms with Gasteiger partial charge in [-0.2, -0.15) is 0 Å². The van der Waals surface area contributed by atoms with Crippen molar-refractivity contribution in [1.82, 2.24) is 10.2 Å². The van der Waals surface area contributed by atoms with E-state index in [0.29, 0.717) is 6.04 Å². The van der Waals surface area contributed by atoms with E-state index in [-0.39, 0.29) is 5.91 Å². The molecule has 21 heavy (non-hydrogen) atoms. The molecule has 4 heteroatoms. The number of hydrogen-bond donors (Lipinski definition) is 2. The topological polar surface area (TPSA) is 58.4 Å². The number of nitrogens with two attached hydrogens (primary N) is 1. The van der Waals surface area contributed by atoms with Crippen LogP contribution in [0, 0.1) is 11.8 Å². The molecule has 1 heterocycles. The predicted molar refractivity (Wildman–Crippen MR) is 84.9 cm³/mol. The second-order valence-corrected chi connectivity index (χ2v) is 7.53. The van der Waals surface area contributed by atoms with Crippen molar-refractivity contribution in [2.45, 2.75) is 69.4 Å². The van der Waals surface area contributed by atoms with Crippen molar-refractivity contribution < 1.29 is 4.79 Å². The minimum atomic E-state index is -0.466. The molecule has 0 bridgehead atoms. The average molecular weight is 293 g/mol. The van der Waals surface area contributed by atoms with Gasteiger partial charge in [-0.25, -0.2) is 0 Å². The van der Waals surface area contributed by atoms with E-state index >= 15 is 0 Å². The molecule has 3 N–H and O–H groups in total. The fourth-order valence-electron chi connectivity index (χ4n) is 5.09. The highest BCUT2D eigenvalue weighted by molar-refractivity contribution is 5.84. The van der Waals surface area contributed by atoms with E-state index in [1.165, 1.54) is 51.6 Å². The van der Waals surface area contributed by atoms with E-state index in [0.717, 1.165) is 31.1 Å². The lowest BCUT2D eigenvalue weighted by molar-refractivity contribution is -0.126. The number of likely N-dealkylation sites (tertiary alicyclic amines) is 1. The molecule has 0 aromatic rings. The fraction of sp³-hybridized carbons (Fsp3) is 0.941. The molecular weight excluding hydrogens is 262 g/mol. The van der Waals surface area contributed by atoms with Crippen LogP contribution in [-0.4, -0.2) is 42.5 Å². The minimum Gasteiger partial charge on any atom is -0.368 e.